The summed E-state index contributed by atoms with van der Waals surface area (Å²) in [6.07, 6.45) is 1.47. The van der Waals surface area contributed by atoms with Gasteiger partial charge in [0.15, 0.2) is 0 Å². The molecule has 2 atom stereocenters. The van der Waals surface area contributed by atoms with Crippen molar-refractivity contribution in [2.45, 2.75) is 18.6 Å². The van der Waals surface area contributed by atoms with Gasteiger partial charge in [0, 0.05) is 19.7 Å². The van der Waals surface area contributed by atoms with E-state index in [4.69, 9.17) is 4.74 Å². The number of hydrogen-bond acceptors (Lipinski definition) is 2. The van der Waals surface area contributed by atoms with Crippen molar-refractivity contribution in [1.29, 1.82) is 0 Å². The van der Waals surface area contributed by atoms with Crippen LogP contribution in [-0.4, -0.2) is 25.8 Å². The first kappa shape index (κ1) is 11.5. The molecule has 0 unspecified atom stereocenters. The molecule has 0 spiro atoms. The lowest BCUT2D eigenvalue weighted by molar-refractivity contribution is 0.0163. The lowest BCUT2D eigenvalue weighted by Crippen LogP contribution is -2.59. The Labute approximate surface area is 91.1 Å². The molecule has 14 heavy (non-hydrogen) atoms. The summed E-state index contributed by atoms with van der Waals surface area (Å²) in [7, 11) is 1.78. The minimum atomic E-state index is 0. The zero-order valence-corrected chi connectivity index (χ0v) is 9.09. The van der Waals surface area contributed by atoms with Crippen molar-refractivity contribution in [3.63, 3.8) is 0 Å². The Morgan fingerprint density at radius 3 is 2.57 bits per heavy atom. The highest BCUT2D eigenvalue weighted by molar-refractivity contribution is 5.85. The second kappa shape index (κ2) is 5.35. The predicted molar refractivity (Wildman–Crippen MR) is 60.0 cm³/mol. The number of hydrogen-bond donors (Lipinski definition) is 1. The molecule has 1 N–H and O–H groups in total. The maximum atomic E-state index is 5.31. The maximum Gasteiger partial charge on any atom is 0.0851 e. The Morgan fingerprint density at radius 1 is 1.36 bits per heavy atom. The van der Waals surface area contributed by atoms with Crippen LogP contribution >= 0.6 is 12.4 Å². The highest BCUT2D eigenvalue weighted by Gasteiger charge is 2.29. The fourth-order valence-corrected chi connectivity index (χ4v) is 1.70. The summed E-state index contributed by atoms with van der Waals surface area (Å²) in [6, 6.07) is 11.0. The highest BCUT2D eigenvalue weighted by atomic mass is 35.5. The molecule has 1 aliphatic heterocycles. The van der Waals surface area contributed by atoms with E-state index in [0.717, 1.165) is 13.0 Å². The van der Waals surface area contributed by atoms with Crippen molar-refractivity contribution in [3.8, 4) is 0 Å². The van der Waals surface area contributed by atoms with Crippen LogP contribution in [0.5, 0.6) is 0 Å². The summed E-state index contributed by atoms with van der Waals surface area (Å²) in [5.74, 6) is 0. The van der Waals surface area contributed by atoms with E-state index in [0.29, 0.717) is 12.1 Å². The molecule has 1 aliphatic rings. The normalized spacial score (nSPS) is 24.9. The number of rotatable bonds is 3. The van der Waals surface area contributed by atoms with Crippen molar-refractivity contribution in [2.24, 2.45) is 0 Å². The van der Waals surface area contributed by atoms with Crippen LogP contribution in [0, 0.1) is 0 Å². The van der Waals surface area contributed by atoms with Crippen molar-refractivity contribution in [3.05, 3.63) is 35.9 Å². The molecular formula is C11H16ClNO. The van der Waals surface area contributed by atoms with Crippen LogP contribution in [0.3, 0.4) is 0 Å². The summed E-state index contributed by atoms with van der Waals surface area (Å²) in [5, 5.41) is 3.37. The van der Waals surface area contributed by atoms with Crippen LogP contribution in [0.1, 0.15) is 5.56 Å². The molecule has 2 nitrogen and oxygen atoms in total. The molecule has 2 rings (SSSR count). The van der Waals surface area contributed by atoms with E-state index in [2.05, 4.69) is 29.6 Å². The molecule has 1 heterocycles. The second-order valence-electron chi connectivity index (χ2n) is 3.48. The van der Waals surface area contributed by atoms with Crippen molar-refractivity contribution in [2.75, 3.05) is 13.7 Å². The third kappa shape index (κ3) is 2.47. The Bertz CT molecular complexity index is 263. The van der Waals surface area contributed by atoms with Gasteiger partial charge < -0.3 is 10.1 Å². The van der Waals surface area contributed by atoms with Gasteiger partial charge in [0.1, 0.15) is 0 Å². The van der Waals surface area contributed by atoms with E-state index >= 15 is 0 Å². The zero-order valence-electron chi connectivity index (χ0n) is 8.27. The van der Waals surface area contributed by atoms with Gasteiger partial charge in [-0.2, -0.15) is 0 Å². The molecule has 1 aromatic rings. The summed E-state index contributed by atoms with van der Waals surface area (Å²) < 4.78 is 5.31. The average Bonchev–Trinajstić information content (AvgIpc) is 2.15. The predicted octanol–water partition coefficient (Wildman–Crippen LogP) is 1.64. The molecular weight excluding hydrogens is 198 g/mol. The fourth-order valence-electron chi connectivity index (χ4n) is 1.70. The van der Waals surface area contributed by atoms with Crippen LogP contribution in [0.15, 0.2) is 30.3 Å². The van der Waals surface area contributed by atoms with E-state index in [9.17, 15) is 0 Å². The van der Waals surface area contributed by atoms with Gasteiger partial charge in [-0.3, -0.25) is 0 Å². The van der Waals surface area contributed by atoms with Gasteiger partial charge in [0.25, 0.3) is 0 Å². The van der Waals surface area contributed by atoms with E-state index in [1.54, 1.807) is 7.11 Å². The molecule has 0 radical (unpaired) electrons. The third-order valence-corrected chi connectivity index (χ3v) is 2.63. The van der Waals surface area contributed by atoms with Crippen LogP contribution < -0.4 is 5.32 Å². The number of benzene rings is 1. The quantitative estimate of drug-likeness (QED) is 0.825. The van der Waals surface area contributed by atoms with Gasteiger partial charge >= 0.3 is 0 Å². The number of nitrogens with one attached hydrogen (secondary N) is 1. The largest absolute Gasteiger partial charge is 0.378 e. The lowest BCUT2D eigenvalue weighted by Gasteiger charge is -2.37. The topological polar surface area (TPSA) is 21.3 Å². The van der Waals surface area contributed by atoms with Crippen LogP contribution in [-0.2, 0) is 11.2 Å². The second-order valence-corrected chi connectivity index (χ2v) is 3.48. The molecule has 0 aromatic heterocycles. The Hall–Kier alpha value is -0.570. The maximum absolute atomic E-state index is 5.31. The number of ether oxygens (including phenoxy) is 1. The summed E-state index contributed by atoms with van der Waals surface area (Å²) in [6.45, 7) is 0.994. The van der Waals surface area contributed by atoms with Gasteiger partial charge in [0.05, 0.1) is 6.10 Å². The molecule has 1 saturated heterocycles. The smallest absolute Gasteiger partial charge is 0.0851 e. The van der Waals surface area contributed by atoms with Gasteiger partial charge in [-0.1, -0.05) is 30.3 Å². The van der Waals surface area contributed by atoms with E-state index in [1.165, 1.54) is 5.56 Å². The summed E-state index contributed by atoms with van der Waals surface area (Å²) in [4.78, 5) is 0. The molecule has 1 fully saturated rings. The first-order valence-electron chi connectivity index (χ1n) is 4.70. The molecule has 0 saturated carbocycles. The van der Waals surface area contributed by atoms with E-state index in [1.807, 2.05) is 6.07 Å². The standard InChI is InChI=1S/C11H15NO.ClH/c1-13-11-8-12-10(11)7-9-5-3-2-4-6-9;/h2-6,10-12H,7-8H2,1H3;1H/t10-,11-;/m0./s1. The van der Waals surface area contributed by atoms with Crippen LogP contribution in [0.25, 0.3) is 0 Å². The molecule has 0 amide bonds. The average molecular weight is 214 g/mol. The Morgan fingerprint density at radius 2 is 2.07 bits per heavy atom. The number of methoxy groups -OCH3 is 1. The summed E-state index contributed by atoms with van der Waals surface area (Å²) in [5.41, 5.74) is 1.38. The van der Waals surface area contributed by atoms with E-state index in [-0.39, 0.29) is 12.4 Å². The van der Waals surface area contributed by atoms with Gasteiger partial charge in [0.2, 0.25) is 0 Å². The Balaban J connectivity index is 0.000000980. The monoisotopic (exact) mass is 213 g/mol. The van der Waals surface area contributed by atoms with Crippen LogP contribution in [0.4, 0.5) is 0 Å². The van der Waals surface area contributed by atoms with Crippen molar-refractivity contribution in [1.82, 2.24) is 5.32 Å². The first-order chi connectivity index (χ1) is 6.40. The zero-order chi connectivity index (χ0) is 9.10. The minimum absolute atomic E-state index is 0. The third-order valence-electron chi connectivity index (χ3n) is 2.63. The Kier molecular flexibility index (Phi) is 4.39. The molecule has 0 aliphatic carbocycles. The highest BCUT2D eigenvalue weighted by Crippen LogP contribution is 2.13. The van der Waals surface area contributed by atoms with Gasteiger partial charge in [-0.15, -0.1) is 12.4 Å². The molecule has 0 bridgehead atoms. The van der Waals surface area contributed by atoms with E-state index < -0.39 is 0 Å². The summed E-state index contributed by atoms with van der Waals surface area (Å²) >= 11 is 0. The van der Waals surface area contributed by atoms with Crippen molar-refractivity contribution >= 4 is 12.4 Å². The van der Waals surface area contributed by atoms with Gasteiger partial charge in [-0.05, 0) is 12.0 Å². The minimum Gasteiger partial charge on any atom is -0.378 e. The molecule has 1 aromatic carbocycles. The SMILES string of the molecule is CO[C@H]1CN[C@H]1Cc1ccccc1.Cl. The van der Waals surface area contributed by atoms with Crippen molar-refractivity contribution < 1.29 is 4.74 Å². The number of halogens is 1. The first-order valence-corrected chi connectivity index (χ1v) is 4.70. The molecule has 3 heteroatoms. The van der Waals surface area contributed by atoms with Crippen LogP contribution in [0.2, 0.25) is 0 Å². The fraction of sp³-hybridized carbons (Fsp3) is 0.455. The molecule has 78 valence electrons. The van der Waals surface area contributed by atoms with Gasteiger partial charge in [-0.25, -0.2) is 0 Å². The lowest BCUT2D eigenvalue weighted by atomic mass is 9.95.